The molecule has 14 heavy (non-hydrogen) atoms. The van der Waals surface area contributed by atoms with Crippen molar-refractivity contribution in [2.75, 3.05) is 19.8 Å². The Morgan fingerprint density at radius 2 is 1.50 bits per heavy atom. The van der Waals surface area contributed by atoms with Crippen LogP contribution in [0.5, 0.6) is 0 Å². The second-order valence-corrected chi connectivity index (χ2v) is 5.66. The summed E-state index contributed by atoms with van der Waals surface area (Å²) in [5.74, 6) is 0. The molecule has 0 heterocycles. The summed E-state index contributed by atoms with van der Waals surface area (Å²) in [5, 5.41) is 25.6. The van der Waals surface area contributed by atoms with E-state index < -0.39 is 40.6 Å². The van der Waals surface area contributed by atoms with Crippen molar-refractivity contribution < 1.29 is 28.3 Å². The molecule has 0 aromatic carbocycles. The van der Waals surface area contributed by atoms with Crippen LogP contribution in [0, 0.1) is 5.41 Å². The Balaban J connectivity index is 5.15. The Labute approximate surface area is 91.2 Å². The molecular formula is C6H15AsO6S. The SMILES string of the molecule is O=S(=O)(O)C(C[AsH2])C(CO)(CO)CO. The zero-order valence-electron chi connectivity index (χ0n) is 7.50. The zero-order chi connectivity index (χ0) is 11.4. The van der Waals surface area contributed by atoms with Crippen LogP contribution in [0.3, 0.4) is 0 Å². The van der Waals surface area contributed by atoms with Gasteiger partial charge in [0, 0.05) is 0 Å². The maximum absolute atomic E-state index is 10.9. The van der Waals surface area contributed by atoms with Gasteiger partial charge in [-0.15, -0.1) is 0 Å². The number of hydrogen-bond donors (Lipinski definition) is 4. The fraction of sp³-hybridized carbons (Fsp3) is 1.00. The van der Waals surface area contributed by atoms with Crippen molar-refractivity contribution in [2.45, 2.75) is 10.5 Å². The maximum atomic E-state index is 10.9. The molecule has 0 amide bonds. The van der Waals surface area contributed by atoms with E-state index in [1.165, 1.54) is 0 Å². The second-order valence-electron chi connectivity index (χ2n) is 3.08. The monoisotopic (exact) mass is 290 g/mol. The van der Waals surface area contributed by atoms with E-state index in [2.05, 4.69) is 0 Å². The van der Waals surface area contributed by atoms with Crippen LogP contribution in [0.1, 0.15) is 0 Å². The van der Waals surface area contributed by atoms with E-state index in [4.69, 9.17) is 19.9 Å². The molecule has 0 aliphatic heterocycles. The van der Waals surface area contributed by atoms with Gasteiger partial charge in [0.1, 0.15) is 0 Å². The molecule has 0 aromatic heterocycles. The molecule has 0 fully saturated rings. The van der Waals surface area contributed by atoms with E-state index in [1.54, 1.807) is 0 Å². The molecule has 0 aromatic rings. The molecule has 2 atom stereocenters. The predicted molar refractivity (Wildman–Crippen MR) is 52.4 cm³/mol. The van der Waals surface area contributed by atoms with Crippen LogP contribution in [0.2, 0.25) is 5.21 Å². The number of aliphatic hydroxyl groups is 3. The Morgan fingerprint density at radius 1 is 1.14 bits per heavy atom. The third-order valence-corrected chi connectivity index (χ3v) is 5.32. The zero-order valence-corrected chi connectivity index (χ0v) is 10.7. The fourth-order valence-electron chi connectivity index (χ4n) is 1.14. The third kappa shape index (κ3) is 2.92. The predicted octanol–water partition coefficient (Wildman–Crippen LogP) is -2.74. The van der Waals surface area contributed by atoms with Gasteiger partial charge in [-0.2, -0.15) is 0 Å². The van der Waals surface area contributed by atoms with Crippen molar-refractivity contribution >= 4 is 27.0 Å². The van der Waals surface area contributed by atoms with Crippen molar-refractivity contribution in [1.29, 1.82) is 0 Å². The van der Waals surface area contributed by atoms with Gasteiger partial charge in [0.15, 0.2) is 0 Å². The van der Waals surface area contributed by atoms with Crippen LogP contribution < -0.4 is 0 Å². The first-order valence-corrected chi connectivity index (χ1v) is 7.08. The van der Waals surface area contributed by atoms with Gasteiger partial charge in [-0.1, -0.05) is 0 Å². The molecule has 0 aliphatic carbocycles. The first-order chi connectivity index (χ1) is 6.37. The molecule has 0 saturated heterocycles. The van der Waals surface area contributed by atoms with E-state index in [0.717, 1.165) is 16.9 Å². The summed E-state index contributed by atoms with van der Waals surface area (Å²) in [6, 6.07) is 0. The molecule has 4 N–H and O–H groups in total. The van der Waals surface area contributed by atoms with E-state index in [9.17, 15) is 8.42 Å². The van der Waals surface area contributed by atoms with Crippen molar-refractivity contribution in [3.8, 4) is 0 Å². The molecule has 0 rings (SSSR count). The Kier molecular flexibility index (Phi) is 5.57. The summed E-state index contributed by atoms with van der Waals surface area (Å²) in [7, 11) is -4.37. The summed E-state index contributed by atoms with van der Waals surface area (Å²) in [4.78, 5) is 0. The van der Waals surface area contributed by atoms with Gasteiger partial charge in [-0.25, -0.2) is 0 Å². The van der Waals surface area contributed by atoms with Gasteiger partial charge in [0.2, 0.25) is 0 Å². The quantitative estimate of drug-likeness (QED) is 0.311. The summed E-state index contributed by atoms with van der Waals surface area (Å²) in [6.07, 6.45) is 0. The van der Waals surface area contributed by atoms with Crippen molar-refractivity contribution in [2.24, 2.45) is 5.41 Å². The minimum absolute atomic E-state index is 0.0630. The third-order valence-electron chi connectivity index (χ3n) is 2.20. The topological polar surface area (TPSA) is 115 Å². The summed E-state index contributed by atoms with van der Waals surface area (Å²) in [6.45, 7) is -2.10. The second kappa shape index (κ2) is 5.44. The van der Waals surface area contributed by atoms with Gasteiger partial charge in [0.25, 0.3) is 0 Å². The fourth-order valence-corrected chi connectivity index (χ4v) is 4.82. The van der Waals surface area contributed by atoms with Gasteiger partial charge in [-0.05, 0) is 0 Å². The summed E-state index contributed by atoms with van der Waals surface area (Å²) < 4.78 is 30.7. The number of hydrogen-bond acceptors (Lipinski definition) is 5. The number of rotatable bonds is 6. The van der Waals surface area contributed by atoms with Crippen LogP contribution >= 0.6 is 0 Å². The average molecular weight is 290 g/mol. The molecule has 0 spiro atoms. The molecule has 6 nitrogen and oxygen atoms in total. The van der Waals surface area contributed by atoms with Gasteiger partial charge in [-0.3, -0.25) is 0 Å². The first kappa shape index (κ1) is 14.3. The van der Waals surface area contributed by atoms with Crippen LogP contribution in [0.4, 0.5) is 0 Å². The molecular weight excluding hydrogens is 275 g/mol. The van der Waals surface area contributed by atoms with E-state index in [0.29, 0.717) is 0 Å². The van der Waals surface area contributed by atoms with Crippen molar-refractivity contribution in [1.82, 2.24) is 0 Å². The Morgan fingerprint density at radius 3 is 1.57 bits per heavy atom. The van der Waals surface area contributed by atoms with Crippen LogP contribution in [0.25, 0.3) is 0 Å². The van der Waals surface area contributed by atoms with E-state index in [1.807, 2.05) is 0 Å². The summed E-state index contributed by atoms with van der Waals surface area (Å²) in [5.41, 5.74) is -1.58. The van der Waals surface area contributed by atoms with E-state index >= 15 is 0 Å². The van der Waals surface area contributed by atoms with Crippen molar-refractivity contribution in [3.05, 3.63) is 0 Å². The van der Waals surface area contributed by atoms with Gasteiger partial charge >= 0.3 is 91.0 Å². The van der Waals surface area contributed by atoms with Crippen molar-refractivity contribution in [3.63, 3.8) is 0 Å². The van der Waals surface area contributed by atoms with E-state index in [-0.39, 0.29) is 5.21 Å². The first-order valence-electron chi connectivity index (χ1n) is 3.87. The molecule has 8 heteroatoms. The van der Waals surface area contributed by atoms with Crippen LogP contribution in [-0.4, -0.2) is 70.2 Å². The standard InChI is InChI=1S/C6H15AsO6S/c7-1-5(14(11,12)13)6(2-8,3-9)4-10/h5,8-10H,1-4,7H2,(H,11,12,13). The molecule has 0 bridgehead atoms. The average Bonchev–Trinajstić information content (AvgIpc) is 2.12. The Bertz CT molecular complexity index is 251. The van der Waals surface area contributed by atoms with Crippen LogP contribution in [-0.2, 0) is 10.1 Å². The van der Waals surface area contributed by atoms with Crippen LogP contribution in [0.15, 0.2) is 0 Å². The number of aliphatic hydroxyl groups excluding tert-OH is 3. The molecule has 86 valence electrons. The Hall–Kier alpha value is 0.348. The molecule has 0 radical (unpaired) electrons. The normalized spacial score (nSPS) is 15.5. The minimum atomic E-state index is -4.37. The summed E-state index contributed by atoms with van der Waals surface area (Å²) >= 11 is 1.03. The van der Waals surface area contributed by atoms with Gasteiger partial charge in [0.05, 0.1) is 0 Å². The molecule has 2 unspecified atom stereocenters. The molecule has 0 saturated carbocycles. The van der Waals surface area contributed by atoms with Gasteiger partial charge < -0.3 is 0 Å². The molecule has 0 aliphatic rings.